The highest BCUT2D eigenvalue weighted by atomic mass is 16.2. The van der Waals surface area contributed by atoms with E-state index >= 15 is 0 Å². The molecule has 10 heteroatoms. The fraction of sp³-hybridized carbons (Fsp3) is 0.538. The van der Waals surface area contributed by atoms with Gasteiger partial charge >= 0.3 is 5.69 Å². The highest BCUT2D eigenvalue weighted by Gasteiger charge is 2.16. The molecule has 23 heavy (non-hydrogen) atoms. The fourth-order valence-corrected chi connectivity index (χ4v) is 1.91. The number of hydrogen-bond acceptors (Lipinski definition) is 7. The minimum atomic E-state index is -0.549. The summed E-state index contributed by atoms with van der Waals surface area (Å²) in [6, 6.07) is -0.308. The van der Waals surface area contributed by atoms with Crippen LogP contribution in [0.25, 0.3) is 11.2 Å². The summed E-state index contributed by atoms with van der Waals surface area (Å²) in [5, 5.41) is 10.4. The molecule has 0 spiro atoms. The zero-order valence-corrected chi connectivity index (χ0v) is 13.7. The normalized spacial score (nSPS) is 12.6. The first-order valence-corrected chi connectivity index (χ1v) is 6.97. The molecule has 10 nitrogen and oxygen atoms in total. The van der Waals surface area contributed by atoms with Crippen LogP contribution in [-0.2, 0) is 25.4 Å². The van der Waals surface area contributed by atoms with Crippen molar-refractivity contribution in [3.05, 3.63) is 26.7 Å². The van der Waals surface area contributed by atoms with E-state index in [-0.39, 0.29) is 35.5 Å². The fourth-order valence-electron chi connectivity index (χ4n) is 1.91. The van der Waals surface area contributed by atoms with Gasteiger partial charge in [-0.15, -0.1) is 10.2 Å². The topological polar surface area (TPSA) is 115 Å². The second-order valence-electron chi connectivity index (χ2n) is 5.46. The number of aromatic nitrogens is 5. The van der Waals surface area contributed by atoms with Crippen molar-refractivity contribution in [1.82, 2.24) is 34.5 Å². The van der Waals surface area contributed by atoms with E-state index < -0.39 is 11.2 Å². The molecule has 0 aromatic carbocycles. The molecule has 2 aromatic heterocycles. The zero-order valence-electron chi connectivity index (χ0n) is 13.7. The molecule has 2 aromatic rings. The van der Waals surface area contributed by atoms with Crippen LogP contribution < -0.4 is 16.6 Å². The van der Waals surface area contributed by atoms with E-state index in [4.69, 9.17) is 0 Å². The van der Waals surface area contributed by atoms with Gasteiger partial charge in [-0.25, -0.2) is 9.78 Å². The van der Waals surface area contributed by atoms with Crippen LogP contribution in [0.3, 0.4) is 0 Å². The van der Waals surface area contributed by atoms with Gasteiger partial charge in [-0.2, -0.15) is 0 Å². The van der Waals surface area contributed by atoms with Gasteiger partial charge in [-0.1, -0.05) is 0 Å². The number of fused-ring (bicyclic) bond motifs is 1. The number of amides is 1. The SMILES string of the molecule is CC(C(=O)NCc1nnc2c(n1)c(=O)n(C)c(=O)n2C)N(C)C. The standard InChI is InChI=1S/C13H19N7O3/c1-7(18(2)3)11(21)14-6-8-15-9-10(17-16-8)19(4)13(23)20(5)12(9)22/h7H,6H2,1-5H3,(H,14,21). The predicted molar refractivity (Wildman–Crippen MR) is 82.8 cm³/mol. The summed E-state index contributed by atoms with van der Waals surface area (Å²) in [5.74, 6) is 0.0135. The molecule has 0 aliphatic carbocycles. The zero-order chi connectivity index (χ0) is 17.3. The van der Waals surface area contributed by atoms with Crippen molar-refractivity contribution in [3.8, 4) is 0 Å². The summed E-state index contributed by atoms with van der Waals surface area (Å²) in [4.78, 5) is 41.7. The molecule has 0 aliphatic rings. The van der Waals surface area contributed by atoms with Crippen LogP contribution in [0.1, 0.15) is 12.7 Å². The Morgan fingerprint density at radius 1 is 1.22 bits per heavy atom. The van der Waals surface area contributed by atoms with Crippen LogP contribution in [0, 0.1) is 0 Å². The number of carbonyl (C=O) groups is 1. The Hall–Kier alpha value is -2.62. The number of aryl methyl sites for hydroxylation is 1. The molecule has 0 aliphatic heterocycles. The van der Waals surface area contributed by atoms with E-state index in [0.717, 1.165) is 4.57 Å². The molecule has 0 saturated carbocycles. The Morgan fingerprint density at radius 3 is 2.48 bits per heavy atom. The molecule has 1 unspecified atom stereocenters. The Labute approximate surface area is 131 Å². The van der Waals surface area contributed by atoms with Gasteiger partial charge in [0.15, 0.2) is 17.0 Å². The van der Waals surface area contributed by atoms with Crippen molar-refractivity contribution in [2.24, 2.45) is 14.1 Å². The summed E-state index contributed by atoms with van der Waals surface area (Å²) in [7, 11) is 6.44. The van der Waals surface area contributed by atoms with E-state index in [2.05, 4.69) is 20.5 Å². The first-order valence-electron chi connectivity index (χ1n) is 6.97. The van der Waals surface area contributed by atoms with Crippen LogP contribution in [0.5, 0.6) is 0 Å². The summed E-state index contributed by atoms with van der Waals surface area (Å²) >= 11 is 0. The number of rotatable bonds is 4. The minimum Gasteiger partial charge on any atom is -0.347 e. The molecule has 2 heterocycles. The Morgan fingerprint density at radius 2 is 1.87 bits per heavy atom. The lowest BCUT2D eigenvalue weighted by Crippen LogP contribution is -2.41. The minimum absolute atomic E-state index is 0.0366. The van der Waals surface area contributed by atoms with Gasteiger partial charge < -0.3 is 5.32 Å². The molecule has 1 atom stereocenters. The third-order valence-corrected chi connectivity index (χ3v) is 3.69. The number of likely N-dealkylation sites (N-methyl/N-ethyl adjacent to an activating group) is 1. The second kappa shape index (κ2) is 6.24. The summed E-state index contributed by atoms with van der Waals surface area (Å²) in [6.07, 6.45) is 0. The maximum absolute atomic E-state index is 12.1. The molecule has 0 radical (unpaired) electrons. The summed E-state index contributed by atoms with van der Waals surface area (Å²) < 4.78 is 2.15. The average Bonchev–Trinajstić information content (AvgIpc) is 2.54. The van der Waals surface area contributed by atoms with E-state index in [9.17, 15) is 14.4 Å². The van der Waals surface area contributed by atoms with E-state index in [1.165, 1.54) is 18.7 Å². The van der Waals surface area contributed by atoms with Crippen molar-refractivity contribution >= 4 is 17.1 Å². The van der Waals surface area contributed by atoms with Gasteiger partial charge in [0.25, 0.3) is 5.56 Å². The average molecular weight is 321 g/mol. The Bertz CT molecular complexity index is 868. The van der Waals surface area contributed by atoms with Gasteiger partial charge in [-0.3, -0.25) is 23.6 Å². The second-order valence-corrected chi connectivity index (χ2v) is 5.46. The van der Waals surface area contributed by atoms with Crippen LogP contribution in [-0.4, -0.2) is 55.3 Å². The van der Waals surface area contributed by atoms with Crippen molar-refractivity contribution < 1.29 is 4.79 Å². The van der Waals surface area contributed by atoms with E-state index in [1.807, 2.05) is 0 Å². The third-order valence-electron chi connectivity index (χ3n) is 3.69. The Kier molecular flexibility index (Phi) is 4.55. The molecule has 1 amide bonds. The molecule has 0 fully saturated rings. The first-order chi connectivity index (χ1) is 10.7. The summed E-state index contributed by atoms with van der Waals surface area (Å²) in [5.41, 5.74) is -0.906. The molecular weight excluding hydrogens is 302 g/mol. The molecule has 124 valence electrons. The van der Waals surface area contributed by atoms with Gasteiger partial charge in [0.2, 0.25) is 5.91 Å². The van der Waals surface area contributed by atoms with Crippen LogP contribution >= 0.6 is 0 Å². The molecule has 0 bridgehead atoms. The molecule has 1 N–H and O–H groups in total. The summed E-state index contributed by atoms with van der Waals surface area (Å²) in [6.45, 7) is 1.81. The number of hydrogen-bond donors (Lipinski definition) is 1. The van der Waals surface area contributed by atoms with E-state index in [0.29, 0.717) is 0 Å². The lowest BCUT2D eigenvalue weighted by molar-refractivity contribution is -0.125. The van der Waals surface area contributed by atoms with Gasteiger partial charge in [0.05, 0.1) is 12.6 Å². The third kappa shape index (κ3) is 3.11. The van der Waals surface area contributed by atoms with Crippen molar-refractivity contribution in [2.45, 2.75) is 19.5 Å². The van der Waals surface area contributed by atoms with E-state index in [1.54, 1.807) is 25.9 Å². The van der Waals surface area contributed by atoms with Gasteiger partial charge in [0, 0.05) is 14.1 Å². The largest absolute Gasteiger partial charge is 0.347 e. The van der Waals surface area contributed by atoms with Gasteiger partial charge in [0.1, 0.15) is 0 Å². The lowest BCUT2D eigenvalue weighted by Gasteiger charge is -2.18. The number of carbonyl (C=O) groups excluding carboxylic acids is 1. The van der Waals surface area contributed by atoms with Crippen molar-refractivity contribution in [1.29, 1.82) is 0 Å². The lowest BCUT2D eigenvalue weighted by atomic mass is 10.3. The quantitative estimate of drug-likeness (QED) is 0.692. The number of nitrogens with one attached hydrogen (secondary N) is 1. The highest BCUT2D eigenvalue weighted by Crippen LogP contribution is 2.00. The predicted octanol–water partition coefficient (Wildman–Crippen LogP) is -2.01. The van der Waals surface area contributed by atoms with Crippen LogP contribution in [0.4, 0.5) is 0 Å². The highest BCUT2D eigenvalue weighted by molar-refractivity contribution is 5.81. The van der Waals surface area contributed by atoms with Crippen LogP contribution in [0.2, 0.25) is 0 Å². The van der Waals surface area contributed by atoms with Crippen LogP contribution in [0.15, 0.2) is 9.59 Å². The molecule has 2 rings (SSSR count). The maximum atomic E-state index is 12.1. The monoisotopic (exact) mass is 321 g/mol. The van der Waals surface area contributed by atoms with Crippen molar-refractivity contribution in [2.75, 3.05) is 14.1 Å². The number of nitrogens with zero attached hydrogens (tertiary/aromatic N) is 6. The molecule has 0 saturated heterocycles. The maximum Gasteiger partial charge on any atom is 0.332 e. The first kappa shape index (κ1) is 16.7. The molecular formula is C13H19N7O3. The van der Waals surface area contributed by atoms with Gasteiger partial charge in [-0.05, 0) is 21.0 Å². The van der Waals surface area contributed by atoms with Crippen molar-refractivity contribution in [3.63, 3.8) is 0 Å². The Balaban J connectivity index is 2.33. The smallest absolute Gasteiger partial charge is 0.332 e.